The molecule has 0 radical (unpaired) electrons. The van der Waals surface area contributed by atoms with E-state index in [0.29, 0.717) is 11.2 Å². The second-order valence-corrected chi connectivity index (χ2v) is 6.21. The van der Waals surface area contributed by atoms with Crippen LogP contribution >= 0.6 is 11.8 Å². The molecule has 0 aromatic rings. The van der Waals surface area contributed by atoms with Crippen LogP contribution in [0.1, 0.15) is 40.5 Å². The smallest absolute Gasteiger partial charge is 0.186 e. The van der Waals surface area contributed by atoms with Gasteiger partial charge in [-0.1, -0.05) is 32.5 Å². The van der Waals surface area contributed by atoms with E-state index in [-0.39, 0.29) is 11.2 Å². The lowest BCUT2D eigenvalue weighted by molar-refractivity contribution is -0.109. The molecule has 1 rings (SSSR count). The minimum absolute atomic E-state index is 0.204. The van der Waals surface area contributed by atoms with E-state index in [2.05, 4.69) is 20.8 Å². The van der Waals surface area contributed by atoms with Crippen molar-refractivity contribution in [3.8, 4) is 0 Å². The number of carbonyl (C=O) groups is 1. The van der Waals surface area contributed by atoms with Crippen molar-refractivity contribution in [1.29, 1.82) is 0 Å². The van der Waals surface area contributed by atoms with Gasteiger partial charge in [-0.2, -0.15) is 0 Å². The van der Waals surface area contributed by atoms with E-state index in [0.717, 1.165) is 25.4 Å². The summed E-state index contributed by atoms with van der Waals surface area (Å²) < 4.78 is 5.80. The van der Waals surface area contributed by atoms with Crippen molar-refractivity contribution in [2.75, 3.05) is 6.61 Å². The second-order valence-electron chi connectivity index (χ2n) is 4.86. The molecule has 1 aliphatic rings. The zero-order chi connectivity index (χ0) is 11.4. The standard InChI is InChI=1S/C12H22O2S/c1-8(2)12(15-10(4)13)11-7-9(3)5-6-14-11/h8-9,11-12H,5-7H2,1-4H3/t9-,11?,12?/m1/s1. The third-order valence-corrected chi connectivity index (χ3v) is 4.35. The maximum absolute atomic E-state index is 11.2. The molecule has 0 saturated carbocycles. The fourth-order valence-corrected chi connectivity index (χ4v) is 3.06. The minimum Gasteiger partial charge on any atom is -0.377 e. The van der Waals surface area contributed by atoms with Crippen LogP contribution in [-0.2, 0) is 9.53 Å². The molecule has 88 valence electrons. The molecule has 2 unspecified atom stereocenters. The van der Waals surface area contributed by atoms with Crippen molar-refractivity contribution >= 4 is 16.9 Å². The SMILES string of the molecule is CC(=O)SC(C(C)C)C1C[C@H](C)CCO1. The third-order valence-electron chi connectivity index (χ3n) is 2.90. The Bertz CT molecular complexity index is 216. The fraction of sp³-hybridized carbons (Fsp3) is 0.917. The second kappa shape index (κ2) is 5.90. The Labute approximate surface area is 97.1 Å². The van der Waals surface area contributed by atoms with Crippen LogP contribution in [0.15, 0.2) is 0 Å². The van der Waals surface area contributed by atoms with Gasteiger partial charge in [0.2, 0.25) is 0 Å². The maximum atomic E-state index is 11.2. The van der Waals surface area contributed by atoms with Crippen LogP contribution in [0.3, 0.4) is 0 Å². The first-order chi connectivity index (χ1) is 7.00. The van der Waals surface area contributed by atoms with E-state index in [1.54, 1.807) is 6.92 Å². The Hall–Kier alpha value is -0.0200. The molecule has 1 fully saturated rings. The Morgan fingerprint density at radius 2 is 2.13 bits per heavy atom. The largest absolute Gasteiger partial charge is 0.377 e. The molecule has 3 heteroatoms. The Morgan fingerprint density at radius 1 is 1.47 bits per heavy atom. The van der Waals surface area contributed by atoms with Crippen molar-refractivity contribution in [2.45, 2.75) is 51.9 Å². The van der Waals surface area contributed by atoms with E-state index in [1.165, 1.54) is 11.8 Å². The number of carbonyl (C=O) groups excluding carboxylic acids is 1. The summed E-state index contributed by atoms with van der Waals surface area (Å²) in [5.74, 6) is 1.23. The lowest BCUT2D eigenvalue weighted by Crippen LogP contribution is -2.36. The van der Waals surface area contributed by atoms with E-state index in [9.17, 15) is 4.79 Å². The summed E-state index contributed by atoms with van der Waals surface area (Å²) in [6, 6.07) is 0. The number of rotatable bonds is 3. The van der Waals surface area contributed by atoms with Crippen molar-refractivity contribution in [3.63, 3.8) is 0 Å². The molecule has 1 heterocycles. The first-order valence-electron chi connectivity index (χ1n) is 5.79. The zero-order valence-electron chi connectivity index (χ0n) is 10.2. The molecule has 1 aliphatic heterocycles. The quantitative estimate of drug-likeness (QED) is 0.745. The van der Waals surface area contributed by atoms with Crippen LogP contribution in [0.25, 0.3) is 0 Å². The molecule has 3 atom stereocenters. The number of hydrogen-bond donors (Lipinski definition) is 0. The van der Waals surface area contributed by atoms with Crippen LogP contribution < -0.4 is 0 Å². The Kier molecular flexibility index (Phi) is 5.13. The summed E-state index contributed by atoms with van der Waals surface area (Å²) in [4.78, 5) is 11.2. The van der Waals surface area contributed by atoms with Gasteiger partial charge >= 0.3 is 0 Å². The summed E-state index contributed by atoms with van der Waals surface area (Å²) in [6.07, 6.45) is 2.53. The molecule has 0 spiro atoms. The number of hydrogen-bond acceptors (Lipinski definition) is 3. The van der Waals surface area contributed by atoms with Gasteiger partial charge < -0.3 is 4.74 Å². The molecule has 0 aliphatic carbocycles. The van der Waals surface area contributed by atoms with E-state index < -0.39 is 0 Å². The van der Waals surface area contributed by atoms with Crippen LogP contribution in [0.2, 0.25) is 0 Å². The molecule has 0 aromatic heterocycles. The predicted octanol–water partition coefficient (Wildman–Crippen LogP) is 3.11. The normalized spacial score (nSPS) is 29.1. The van der Waals surface area contributed by atoms with Crippen molar-refractivity contribution in [3.05, 3.63) is 0 Å². The van der Waals surface area contributed by atoms with Crippen molar-refractivity contribution < 1.29 is 9.53 Å². The Balaban J connectivity index is 2.57. The fourth-order valence-electron chi connectivity index (χ4n) is 2.06. The van der Waals surface area contributed by atoms with Gasteiger partial charge in [0, 0.05) is 18.8 Å². The maximum Gasteiger partial charge on any atom is 0.186 e. The number of ether oxygens (including phenoxy) is 1. The highest BCUT2D eigenvalue weighted by molar-refractivity contribution is 8.14. The van der Waals surface area contributed by atoms with Crippen LogP contribution in [0.4, 0.5) is 0 Å². The highest BCUT2D eigenvalue weighted by Gasteiger charge is 2.31. The molecule has 1 saturated heterocycles. The third kappa shape index (κ3) is 4.15. The molecule has 0 aromatic carbocycles. The summed E-state index contributed by atoms with van der Waals surface area (Å²) in [6.45, 7) is 9.11. The summed E-state index contributed by atoms with van der Waals surface area (Å²) in [7, 11) is 0. The van der Waals surface area contributed by atoms with Gasteiger partial charge in [0.1, 0.15) is 0 Å². The summed E-state index contributed by atoms with van der Waals surface area (Å²) in [5.41, 5.74) is 0. The summed E-state index contributed by atoms with van der Waals surface area (Å²) >= 11 is 1.45. The molecule has 0 bridgehead atoms. The minimum atomic E-state index is 0.204. The average molecular weight is 230 g/mol. The van der Waals surface area contributed by atoms with Crippen molar-refractivity contribution in [2.24, 2.45) is 11.8 Å². The van der Waals surface area contributed by atoms with Gasteiger partial charge in [-0.3, -0.25) is 4.79 Å². The molecular weight excluding hydrogens is 208 g/mol. The van der Waals surface area contributed by atoms with Gasteiger partial charge in [0.05, 0.1) is 6.10 Å². The number of thioether (sulfide) groups is 1. The average Bonchev–Trinajstić information content (AvgIpc) is 2.13. The van der Waals surface area contributed by atoms with Crippen LogP contribution in [-0.4, -0.2) is 23.1 Å². The lowest BCUT2D eigenvalue weighted by atomic mass is 9.92. The molecule has 0 amide bonds. The van der Waals surface area contributed by atoms with Crippen LogP contribution in [0.5, 0.6) is 0 Å². The molecular formula is C12H22O2S. The topological polar surface area (TPSA) is 26.3 Å². The predicted molar refractivity (Wildman–Crippen MR) is 65.0 cm³/mol. The first kappa shape index (κ1) is 13.0. The molecule has 0 N–H and O–H groups in total. The highest BCUT2D eigenvalue weighted by Crippen LogP contribution is 2.32. The van der Waals surface area contributed by atoms with E-state index in [4.69, 9.17) is 4.74 Å². The van der Waals surface area contributed by atoms with Crippen molar-refractivity contribution in [1.82, 2.24) is 0 Å². The highest BCUT2D eigenvalue weighted by atomic mass is 32.2. The van der Waals surface area contributed by atoms with Gasteiger partial charge in [-0.25, -0.2) is 0 Å². The van der Waals surface area contributed by atoms with Gasteiger partial charge in [0.15, 0.2) is 5.12 Å². The zero-order valence-corrected chi connectivity index (χ0v) is 11.0. The monoisotopic (exact) mass is 230 g/mol. The van der Waals surface area contributed by atoms with E-state index in [1.807, 2.05) is 0 Å². The van der Waals surface area contributed by atoms with Crippen LogP contribution in [0, 0.1) is 11.8 Å². The van der Waals surface area contributed by atoms with Gasteiger partial charge in [-0.15, -0.1) is 0 Å². The van der Waals surface area contributed by atoms with Gasteiger partial charge in [0.25, 0.3) is 0 Å². The lowest BCUT2D eigenvalue weighted by Gasteiger charge is -2.34. The Morgan fingerprint density at radius 3 is 2.60 bits per heavy atom. The molecule has 2 nitrogen and oxygen atoms in total. The molecule has 15 heavy (non-hydrogen) atoms. The van der Waals surface area contributed by atoms with E-state index >= 15 is 0 Å². The van der Waals surface area contributed by atoms with Gasteiger partial charge in [-0.05, 0) is 24.7 Å². The first-order valence-corrected chi connectivity index (χ1v) is 6.67. The summed E-state index contributed by atoms with van der Waals surface area (Å²) in [5, 5.41) is 0.528.